The molecule has 2 N–H and O–H groups in total. The van der Waals surface area contributed by atoms with Crippen LogP contribution >= 0.6 is 0 Å². The number of aryl methyl sites for hydroxylation is 1. The summed E-state index contributed by atoms with van der Waals surface area (Å²) in [4.78, 5) is 16.1. The number of nitrogens with one attached hydrogen (secondary N) is 2. The number of piperidine rings is 1. The Kier molecular flexibility index (Phi) is 4.96. The van der Waals surface area contributed by atoms with Crippen LogP contribution in [-0.4, -0.2) is 28.5 Å². The molecule has 2 unspecified atom stereocenters. The van der Waals surface area contributed by atoms with Crippen LogP contribution in [0.2, 0.25) is 0 Å². The normalized spacial score (nSPS) is 21.1. The second-order valence-electron chi connectivity index (χ2n) is 5.52. The van der Waals surface area contributed by atoms with E-state index in [1.807, 2.05) is 17.8 Å². The molecule has 5 nitrogen and oxygen atoms in total. The maximum atomic E-state index is 11.9. The van der Waals surface area contributed by atoms with Crippen molar-refractivity contribution in [2.45, 2.75) is 32.7 Å². The standard InChI is InChI=1S/C14H24N4O/c1-11(12-4-3-5-15-9-12)8-14(19)17-10-13-16-6-7-18(13)2/h6-7,11-12,15H,3-5,8-10H2,1-2H3,(H,17,19). The maximum absolute atomic E-state index is 11.9. The van der Waals surface area contributed by atoms with E-state index in [-0.39, 0.29) is 5.91 Å². The van der Waals surface area contributed by atoms with Crippen LogP contribution < -0.4 is 10.6 Å². The highest BCUT2D eigenvalue weighted by Gasteiger charge is 2.21. The fraction of sp³-hybridized carbons (Fsp3) is 0.714. The molecule has 0 saturated carbocycles. The molecule has 0 bridgehead atoms. The Labute approximate surface area is 114 Å². The fourth-order valence-corrected chi connectivity index (χ4v) is 2.64. The number of imidazole rings is 1. The van der Waals surface area contributed by atoms with Crippen molar-refractivity contribution in [3.63, 3.8) is 0 Å². The number of rotatable bonds is 5. The Morgan fingerprint density at radius 1 is 1.68 bits per heavy atom. The van der Waals surface area contributed by atoms with Gasteiger partial charge < -0.3 is 15.2 Å². The molecule has 0 aliphatic carbocycles. The lowest BCUT2D eigenvalue weighted by Gasteiger charge is -2.28. The molecule has 0 aromatic carbocycles. The summed E-state index contributed by atoms with van der Waals surface area (Å²) >= 11 is 0. The van der Waals surface area contributed by atoms with Crippen molar-refractivity contribution in [1.82, 2.24) is 20.2 Å². The van der Waals surface area contributed by atoms with Crippen molar-refractivity contribution in [2.75, 3.05) is 13.1 Å². The van der Waals surface area contributed by atoms with E-state index >= 15 is 0 Å². The van der Waals surface area contributed by atoms with Gasteiger partial charge in [0.2, 0.25) is 5.91 Å². The summed E-state index contributed by atoms with van der Waals surface area (Å²) in [6.45, 7) is 4.86. The van der Waals surface area contributed by atoms with Gasteiger partial charge in [0, 0.05) is 25.9 Å². The molecule has 19 heavy (non-hydrogen) atoms. The molecule has 1 amide bonds. The first-order chi connectivity index (χ1) is 9.16. The Morgan fingerprint density at radius 2 is 2.53 bits per heavy atom. The molecule has 2 heterocycles. The van der Waals surface area contributed by atoms with Crippen LogP contribution in [0.3, 0.4) is 0 Å². The zero-order valence-corrected chi connectivity index (χ0v) is 11.9. The second kappa shape index (κ2) is 6.70. The number of amides is 1. The zero-order chi connectivity index (χ0) is 13.7. The number of carbonyl (C=O) groups excluding carboxylic acids is 1. The second-order valence-corrected chi connectivity index (χ2v) is 5.52. The van der Waals surface area contributed by atoms with Gasteiger partial charge in [-0.1, -0.05) is 6.92 Å². The third kappa shape index (κ3) is 4.06. The van der Waals surface area contributed by atoms with Crippen LogP contribution in [0.25, 0.3) is 0 Å². The Morgan fingerprint density at radius 3 is 3.16 bits per heavy atom. The first kappa shape index (κ1) is 14.1. The molecule has 2 rings (SSSR count). The van der Waals surface area contributed by atoms with E-state index in [0.717, 1.165) is 18.9 Å². The van der Waals surface area contributed by atoms with E-state index in [0.29, 0.717) is 24.8 Å². The molecular formula is C14H24N4O. The van der Waals surface area contributed by atoms with Gasteiger partial charge in [-0.15, -0.1) is 0 Å². The minimum atomic E-state index is 0.126. The van der Waals surface area contributed by atoms with Crippen LogP contribution in [0.15, 0.2) is 12.4 Å². The third-order valence-corrected chi connectivity index (χ3v) is 4.01. The van der Waals surface area contributed by atoms with Gasteiger partial charge in [0.1, 0.15) is 5.82 Å². The topological polar surface area (TPSA) is 59.0 Å². The van der Waals surface area contributed by atoms with Crippen LogP contribution in [0.1, 0.15) is 32.0 Å². The van der Waals surface area contributed by atoms with Crippen molar-refractivity contribution in [3.8, 4) is 0 Å². The van der Waals surface area contributed by atoms with Crippen molar-refractivity contribution in [1.29, 1.82) is 0 Å². The maximum Gasteiger partial charge on any atom is 0.220 e. The highest BCUT2D eigenvalue weighted by molar-refractivity contribution is 5.76. The largest absolute Gasteiger partial charge is 0.349 e. The van der Waals surface area contributed by atoms with Gasteiger partial charge in [-0.2, -0.15) is 0 Å². The summed E-state index contributed by atoms with van der Waals surface area (Å²) in [5.74, 6) is 2.09. The van der Waals surface area contributed by atoms with Crippen molar-refractivity contribution in [3.05, 3.63) is 18.2 Å². The van der Waals surface area contributed by atoms with E-state index in [4.69, 9.17) is 0 Å². The first-order valence-electron chi connectivity index (χ1n) is 7.10. The molecule has 1 aliphatic rings. The molecular weight excluding hydrogens is 240 g/mol. The number of aromatic nitrogens is 2. The fourth-order valence-electron chi connectivity index (χ4n) is 2.64. The van der Waals surface area contributed by atoms with E-state index in [9.17, 15) is 4.79 Å². The molecule has 106 valence electrons. The van der Waals surface area contributed by atoms with Gasteiger partial charge in [-0.3, -0.25) is 4.79 Å². The summed E-state index contributed by atoms with van der Waals surface area (Å²) in [6.07, 6.45) is 6.71. The van der Waals surface area contributed by atoms with Crippen molar-refractivity contribution < 1.29 is 4.79 Å². The highest BCUT2D eigenvalue weighted by atomic mass is 16.1. The van der Waals surface area contributed by atoms with Crippen LogP contribution in [0, 0.1) is 11.8 Å². The van der Waals surface area contributed by atoms with Gasteiger partial charge >= 0.3 is 0 Å². The van der Waals surface area contributed by atoms with Gasteiger partial charge in [0.25, 0.3) is 0 Å². The van der Waals surface area contributed by atoms with Gasteiger partial charge in [0.15, 0.2) is 0 Å². The Balaban J connectivity index is 1.73. The predicted octanol–water partition coefficient (Wildman–Crippen LogP) is 1.06. The van der Waals surface area contributed by atoms with E-state index in [1.165, 1.54) is 12.8 Å². The average Bonchev–Trinajstić information content (AvgIpc) is 2.83. The smallest absolute Gasteiger partial charge is 0.220 e. The number of nitrogens with zero attached hydrogens (tertiary/aromatic N) is 2. The van der Waals surface area contributed by atoms with E-state index in [2.05, 4.69) is 22.5 Å². The molecule has 1 aliphatic heterocycles. The summed E-state index contributed by atoms with van der Waals surface area (Å²) in [5.41, 5.74) is 0. The molecule has 1 fully saturated rings. The van der Waals surface area contributed by atoms with Crippen molar-refractivity contribution in [2.24, 2.45) is 18.9 Å². The van der Waals surface area contributed by atoms with Gasteiger partial charge in [-0.05, 0) is 37.8 Å². The molecule has 1 aromatic heterocycles. The summed E-state index contributed by atoms with van der Waals surface area (Å²) in [5, 5.41) is 6.36. The monoisotopic (exact) mass is 264 g/mol. The van der Waals surface area contributed by atoms with Crippen molar-refractivity contribution >= 4 is 5.91 Å². The average molecular weight is 264 g/mol. The predicted molar refractivity (Wildman–Crippen MR) is 74.4 cm³/mol. The molecule has 0 spiro atoms. The molecule has 0 radical (unpaired) electrons. The van der Waals surface area contributed by atoms with E-state index < -0.39 is 0 Å². The minimum absolute atomic E-state index is 0.126. The van der Waals surface area contributed by atoms with Crippen LogP contribution in [-0.2, 0) is 18.4 Å². The van der Waals surface area contributed by atoms with Crippen LogP contribution in [0.5, 0.6) is 0 Å². The lowest BCUT2D eigenvalue weighted by Crippen LogP contribution is -2.35. The molecule has 5 heteroatoms. The third-order valence-electron chi connectivity index (χ3n) is 4.01. The lowest BCUT2D eigenvalue weighted by molar-refractivity contribution is -0.122. The van der Waals surface area contributed by atoms with Gasteiger partial charge in [-0.25, -0.2) is 4.98 Å². The molecule has 2 atom stereocenters. The Hall–Kier alpha value is -1.36. The highest BCUT2D eigenvalue weighted by Crippen LogP contribution is 2.22. The molecule has 1 saturated heterocycles. The lowest BCUT2D eigenvalue weighted by atomic mass is 9.85. The first-order valence-corrected chi connectivity index (χ1v) is 7.10. The van der Waals surface area contributed by atoms with Crippen LogP contribution in [0.4, 0.5) is 0 Å². The van der Waals surface area contributed by atoms with Gasteiger partial charge in [0.05, 0.1) is 6.54 Å². The zero-order valence-electron chi connectivity index (χ0n) is 11.9. The SMILES string of the molecule is CC(CC(=O)NCc1nccn1C)C1CCCNC1. The Bertz CT molecular complexity index is 409. The quantitative estimate of drug-likeness (QED) is 0.836. The summed E-state index contributed by atoms with van der Waals surface area (Å²) in [6, 6.07) is 0. The van der Waals surface area contributed by atoms with E-state index in [1.54, 1.807) is 6.20 Å². The number of carbonyl (C=O) groups is 1. The summed E-state index contributed by atoms with van der Waals surface area (Å²) < 4.78 is 1.93. The minimum Gasteiger partial charge on any atom is -0.349 e. The number of hydrogen-bond acceptors (Lipinski definition) is 3. The summed E-state index contributed by atoms with van der Waals surface area (Å²) in [7, 11) is 1.94. The molecule has 1 aromatic rings. The number of hydrogen-bond donors (Lipinski definition) is 2.